The van der Waals surface area contributed by atoms with Crippen LogP contribution in [0.15, 0.2) is 32.2 Å². The van der Waals surface area contributed by atoms with E-state index in [1.54, 1.807) is 6.07 Å². The fourth-order valence-corrected chi connectivity index (χ4v) is 4.11. The molecule has 0 unspecified atom stereocenters. The summed E-state index contributed by atoms with van der Waals surface area (Å²) in [4.78, 5) is 24.9. The first-order chi connectivity index (χ1) is 14.5. The molecule has 0 fully saturated rings. The lowest BCUT2D eigenvalue weighted by atomic mass is 9.84. The lowest BCUT2D eigenvalue weighted by Crippen LogP contribution is -2.39. The van der Waals surface area contributed by atoms with Gasteiger partial charge in [-0.05, 0) is 55.0 Å². The summed E-state index contributed by atoms with van der Waals surface area (Å²) in [5.74, 6) is 1.03. The number of anilines is 3. The highest BCUT2D eigenvalue weighted by Crippen LogP contribution is 2.40. The van der Waals surface area contributed by atoms with Gasteiger partial charge < -0.3 is 20.4 Å². The number of fused-ring (bicyclic) bond motifs is 1. The minimum atomic E-state index is -0.655. The van der Waals surface area contributed by atoms with Crippen molar-refractivity contribution in [2.24, 2.45) is 5.41 Å². The van der Waals surface area contributed by atoms with Crippen LogP contribution in [0.3, 0.4) is 0 Å². The molecule has 1 aliphatic heterocycles. The van der Waals surface area contributed by atoms with Gasteiger partial charge in [0.2, 0.25) is 0 Å². The minimum Gasteiger partial charge on any atom is -0.464 e. The number of halogens is 1. The standard InChI is InChI=1S/C24H28FN3O3/c1-11-9-17(31-13(11)3)23(24(4,5)6)28-20-19(21(29)22(20)30)27-18-15-10-26-12(2)14(15)7-8-16(18)25/h7-9,12,23,26-28H,10H2,1-6H3/t12-,23-/m0/s1. The summed E-state index contributed by atoms with van der Waals surface area (Å²) >= 11 is 0. The van der Waals surface area contributed by atoms with Crippen LogP contribution in [-0.2, 0) is 6.54 Å². The van der Waals surface area contributed by atoms with Crippen LogP contribution in [0, 0.1) is 25.1 Å². The number of nitrogens with one attached hydrogen (secondary N) is 3. The maximum Gasteiger partial charge on any atom is 0.253 e. The Bertz CT molecular complexity index is 1210. The van der Waals surface area contributed by atoms with Crippen molar-refractivity contribution in [3.8, 4) is 0 Å². The normalized spacial score (nSPS) is 17.1. The molecule has 7 heteroatoms. The maximum atomic E-state index is 14.7. The van der Waals surface area contributed by atoms with Crippen LogP contribution >= 0.6 is 0 Å². The molecule has 31 heavy (non-hydrogen) atoms. The van der Waals surface area contributed by atoms with Gasteiger partial charge in [0.05, 0.1) is 11.7 Å². The SMILES string of the molecule is Cc1cc([C@H](Nc2c(Nc3c(F)ccc4c3CN[C@H]4C)c(=O)c2=O)C(C)(C)C)oc1C. The average molecular weight is 426 g/mol. The smallest absolute Gasteiger partial charge is 0.253 e. The third-order valence-corrected chi connectivity index (χ3v) is 6.13. The highest BCUT2D eigenvalue weighted by Gasteiger charge is 2.34. The van der Waals surface area contributed by atoms with Gasteiger partial charge in [0, 0.05) is 12.6 Å². The van der Waals surface area contributed by atoms with Crippen molar-refractivity contribution in [1.82, 2.24) is 5.32 Å². The molecule has 0 saturated heterocycles. The highest BCUT2D eigenvalue weighted by atomic mass is 19.1. The summed E-state index contributed by atoms with van der Waals surface area (Å²) in [6.45, 7) is 12.4. The van der Waals surface area contributed by atoms with E-state index in [9.17, 15) is 14.0 Å². The fourth-order valence-electron chi connectivity index (χ4n) is 4.11. The molecule has 2 aromatic carbocycles. The van der Waals surface area contributed by atoms with Crippen molar-refractivity contribution in [3.05, 3.63) is 72.7 Å². The molecule has 2 heterocycles. The first-order valence-electron chi connectivity index (χ1n) is 10.5. The van der Waals surface area contributed by atoms with Gasteiger partial charge in [-0.25, -0.2) is 4.39 Å². The molecule has 0 radical (unpaired) electrons. The second kappa shape index (κ2) is 7.34. The molecule has 0 aliphatic carbocycles. The predicted octanol–water partition coefficient (Wildman–Crippen LogP) is 4.74. The zero-order valence-corrected chi connectivity index (χ0v) is 18.7. The van der Waals surface area contributed by atoms with Crippen molar-refractivity contribution < 1.29 is 8.81 Å². The molecule has 1 aliphatic rings. The van der Waals surface area contributed by atoms with Crippen molar-refractivity contribution in [1.29, 1.82) is 0 Å². The van der Waals surface area contributed by atoms with Gasteiger partial charge in [0.1, 0.15) is 28.7 Å². The molecule has 0 amide bonds. The third-order valence-electron chi connectivity index (χ3n) is 6.13. The zero-order valence-electron chi connectivity index (χ0n) is 18.7. The lowest BCUT2D eigenvalue weighted by Gasteiger charge is -2.31. The summed E-state index contributed by atoms with van der Waals surface area (Å²) in [6, 6.07) is 4.82. The molecule has 3 aromatic rings. The molecule has 3 N–H and O–H groups in total. The Morgan fingerprint density at radius 3 is 2.42 bits per heavy atom. The van der Waals surface area contributed by atoms with Crippen LogP contribution in [0.1, 0.15) is 68.0 Å². The molecule has 0 spiro atoms. The molecular formula is C24H28FN3O3. The first kappa shape index (κ1) is 21.3. The minimum absolute atomic E-state index is 0.0890. The van der Waals surface area contributed by atoms with Gasteiger partial charge in [0.25, 0.3) is 10.9 Å². The van der Waals surface area contributed by atoms with Crippen LogP contribution < -0.4 is 26.8 Å². The number of aryl methyl sites for hydroxylation is 2. The highest BCUT2D eigenvalue weighted by molar-refractivity contribution is 5.80. The summed E-state index contributed by atoms with van der Waals surface area (Å²) in [5.41, 5.74) is 1.67. The van der Waals surface area contributed by atoms with Gasteiger partial charge in [-0.15, -0.1) is 0 Å². The van der Waals surface area contributed by atoms with Gasteiger partial charge in [-0.2, -0.15) is 0 Å². The van der Waals surface area contributed by atoms with Crippen LogP contribution in [-0.4, -0.2) is 0 Å². The first-order valence-corrected chi connectivity index (χ1v) is 10.5. The van der Waals surface area contributed by atoms with E-state index < -0.39 is 16.7 Å². The Morgan fingerprint density at radius 1 is 1.13 bits per heavy atom. The number of hydrogen-bond donors (Lipinski definition) is 3. The van der Waals surface area contributed by atoms with E-state index in [2.05, 4.69) is 16.0 Å². The topological polar surface area (TPSA) is 83.4 Å². The third kappa shape index (κ3) is 3.57. The fraction of sp³-hybridized carbons (Fsp3) is 0.417. The van der Waals surface area contributed by atoms with Gasteiger partial charge >= 0.3 is 0 Å². The molecule has 6 nitrogen and oxygen atoms in total. The Kier molecular flexibility index (Phi) is 5.04. The lowest BCUT2D eigenvalue weighted by molar-refractivity contribution is 0.300. The number of furan rings is 1. The summed E-state index contributed by atoms with van der Waals surface area (Å²) < 4.78 is 20.6. The average Bonchev–Trinajstić information content (AvgIpc) is 3.23. The molecule has 0 saturated carbocycles. The van der Waals surface area contributed by atoms with E-state index in [0.29, 0.717) is 12.3 Å². The molecular weight excluding hydrogens is 397 g/mol. The maximum absolute atomic E-state index is 14.7. The largest absolute Gasteiger partial charge is 0.464 e. The summed E-state index contributed by atoms with van der Waals surface area (Å²) in [7, 11) is 0. The van der Waals surface area contributed by atoms with Crippen molar-refractivity contribution in [2.75, 3.05) is 10.6 Å². The molecule has 2 atom stereocenters. The van der Waals surface area contributed by atoms with Crippen molar-refractivity contribution in [3.63, 3.8) is 0 Å². The second-order valence-electron chi connectivity index (χ2n) is 9.46. The van der Waals surface area contributed by atoms with Gasteiger partial charge in [0.15, 0.2) is 0 Å². The number of hydrogen-bond acceptors (Lipinski definition) is 6. The number of benzene rings is 1. The second-order valence-corrected chi connectivity index (χ2v) is 9.46. The van der Waals surface area contributed by atoms with E-state index in [0.717, 1.165) is 22.5 Å². The van der Waals surface area contributed by atoms with Crippen LogP contribution in [0.4, 0.5) is 21.5 Å². The summed E-state index contributed by atoms with van der Waals surface area (Å²) in [6.07, 6.45) is 0. The number of rotatable bonds is 5. The molecule has 164 valence electrons. The zero-order chi connectivity index (χ0) is 22.7. The molecule has 4 rings (SSSR count). The molecule has 1 aromatic heterocycles. The van der Waals surface area contributed by atoms with Crippen LogP contribution in [0.2, 0.25) is 0 Å². The Balaban J connectivity index is 1.71. The monoisotopic (exact) mass is 425 g/mol. The Labute approximate surface area is 180 Å². The van der Waals surface area contributed by atoms with Crippen LogP contribution in [0.5, 0.6) is 0 Å². The Morgan fingerprint density at radius 2 is 1.81 bits per heavy atom. The van der Waals surface area contributed by atoms with Gasteiger partial charge in [-0.1, -0.05) is 26.8 Å². The van der Waals surface area contributed by atoms with E-state index in [4.69, 9.17) is 4.42 Å². The quantitative estimate of drug-likeness (QED) is 0.512. The van der Waals surface area contributed by atoms with E-state index in [1.165, 1.54) is 6.07 Å². The summed E-state index contributed by atoms with van der Waals surface area (Å²) in [5, 5.41) is 9.41. The van der Waals surface area contributed by atoms with E-state index in [-0.39, 0.29) is 34.6 Å². The predicted molar refractivity (Wildman–Crippen MR) is 120 cm³/mol. The van der Waals surface area contributed by atoms with Crippen molar-refractivity contribution in [2.45, 2.75) is 60.2 Å². The van der Waals surface area contributed by atoms with E-state index in [1.807, 2.05) is 47.6 Å². The van der Waals surface area contributed by atoms with Gasteiger partial charge in [-0.3, -0.25) is 9.59 Å². The van der Waals surface area contributed by atoms with Crippen LogP contribution in [0.25, 0.3) is 0 Å². The Hall–Kier alpha value is -2.93. The van der Waals surface area contributed by atoms with E-state index >= 15 is 0 Å². The molecule has 0 bridgehead atoms. The van der Waals surface area contributed by atoms with Crippen molar-refractivity contribution >= 4 is 17.1 Å².